The molecule has 2 rings (SSSR count). The Labute approximate surface area is 130 Å². The molecular weight excluding hydrogens is 314 g/mol. The van der Waals surface area contributed by atoms with Gasteiger partial charge in [0, 0.05) is 24.7 Å². The molecule has 1 aromatic rings. The smallest absolute Gasteiger partial charge is 0.207 e. The summed E-state index contributed by atoms with van der Waals surface area (Å²) in [6.07, 6.45) is 0.914. The average Bonchev–Trinajstić information content (AvgIpc) is 2.67. The van der Waals surface area contributed by atoms with Gasteiger partial charge in [-0.1, -0.05) is 6.07 Å². The number of hydrogen-bond acceptors (Lipinski definition) is 3. The number of aryl methyl sites for hydroxylation is 2. The van der Waals surface area contributed by atoms with Crippen molar-refractivity contribution in [3.05, 3.63) is 28.8 Å². The highest BCUT2D eigenvalue weighted by molar-refractivity contribution is 7.99. The van der Waals surface area contributed by atoms with Crippen LogP contribution in [0.1, 0.15) is 23.1 Å². The highest BCUT2D eigenvalue weighted by Crippen LogP contribution is 2.26. The molecule has 0 aliphatic carbocycles. The van der Waals surface area contributed by atoms with Crippen molar-refractivity contribution in [3.8, 4) is 0 Å². The van der Waals surface area contributed by atoms with Gasteiger partial charge in [0.1, 0.15) is 0 Å². The zero-order valence-corrected chi connectivity index (χ0v) is 14.2. The van der Waals surface area contributed by atoms with E-state index in [0.29, 0.717) is 23.9 Å². The monoisotopic (exact) mass is 333 g/mol. The predicted molar refractivity (Wildman–Crippen MR) is 86.2 cm³/mol. The summed E-state index contributed by atoms with van der Waals surface area (Å²) >= 11 is 7.72. The van der Waals surface area contributed by atoms with Gasteiger partial charge in [-0.2, -0.15) is 16.1 Å². The molecule has 6 heteroatoms. The van der Waals surface area contributed by atoms with Crippen molar-refractivity contribution in [2.75, 3.05) is 24.6 Å². The Balaban J connectivity index is 2.42. The minimum Gasteiger partial charge on any atom is -0.207 e. The topological polar surface area (TPSA) is 37.4 Å². The summed E-state index contributed by atoms with van der Waals surface area (Å²) in [5, 5.41) is 0. The SMILES string of the molecule is Cc1cc(C)c(S(=O)(=O)N2CCCSCC2)cc1CCl. The van der Waals surface area contributed by atoms with Crippen LogP contribution in [0.25, 0.3) is 0 Å². The highest BCUT2D eigenvalue weighted by atomic mass is 35.5. The largest absolute Gasteiger partial charge is 0.243 e. The van der Waals surface area contributed by atoms with Crippen molar-refractivity contribution in [2.24, 2.45) is 0 Å². The third-order valence-corrected chi connectivity index (χ3v) is 6.95. The van der Waals surface area contributed by atoms with Gasteiger partial charge in [-0.25, -0.2) is 8.42 Å². The predicted octanol–water partition coefficient (Wildman–Crippen LogP) is 3.17. The zero-order chi connectivity index (χ0) is 14.8. The lowest BCUT2D eigenvalue weighted by Crippen LogP contribution is -2.33. The van der Waals surface area contributed by atoms with Crippen molar-refractivity contribution >= 4 is 33.4 Å². The molecule has 1 saturated heterocycles. The third-order valence-electron chi connectivity index (χ3n) is 3.58. The van der Waals surface area contributed by atoms with E-state index in [2.05, 4.69) is 0 Å². The summed E-state index contributed by atoms with van der Waals surface area (Å²) in [4.78, 5) is 0.408. The van der Waals surface area contributed by atoms with Crippen LogP contribution in [0.5, 0.6) is 0 Å². The first-order valence-electron chi connectivity index (χ1n) is 6.71. The number of rotatable bonds is 3. The molecule has 0 saturated carbocycles. The quantitative estimate of drug-likeness (QED) is 0.797. The molecule has 0 spiro atoms. The molecule has 20 heavy (non-hydrogen) atoms. The molecule has 112 valence electrons. The molecule has 0 unspecified atom stereocenters. The Hall–Kier alpha value is -0.230. The fourth-order valence-corrected chi connectivity index (χ4v) is 5.43. The van der Waals surface area contributed by atoms with Gasteiger partial charge >= 0.3 is 0 Å². The number of sulfonamides is 1. The maximum Gasteiger partial charge on any atom is 0.243 e. The lowest BCUT2D eigenvalue weighted by atomic mass is 10.1. The van der Waals surface area contributed by atoms with E-state index in [-0.39, 0.29) is 0 Å². The van der Waals surface area contributed by atoms with Crippen molar-refractivity contribution < 1.29 is 8.42 Å². The first-order valence-corrected chi connectivity index (χ1v) is 9.83. The number of alkyl halides is 1. The Morgan fingerprint density at radius 3 is 2.65 bits per heavy atom. The fraction of sp³-hybridized carbons (Fsp3) is 0.571. The van der Waals surface area contributed by atoms with Crippen molar-refractivity contribution in [2.45, 2.75) is 31.0 Å². The lowest BCUT2D eigenvalue weighted by Gasteiger charge is -2.21. The molecule has 1 fully saturated rings. The lowest BCUT2D eigenvalue weighted by molar-refractivity contribution is 0.434. The van der Waals surface area contributed by atoms with E-state index in [9.17, 15) is 8.42 Å². The standard InChI is InChI=1S/C14H20ClNO2S2/c1-11-8-12(2)14(9-13(11)10-15)20(17,18)16-4-3-6-19-7-5-16/h8-9H,3-7,10H2,1-2H3. The normalized spacial score (nSPS) is 17.9. The van der Waals surface area contributed by atoms with Gasteiger partial charge < -0.3 is 0 Å². The van der Waals surface area contributed by atoms with Crippen LogP contribution < -0.4 is 0 Å². The molecule has 1 heterocycles. The summed E-state index contributed by atoms with van der Waals surface area (Å²) in [5.41, 5.74) is 2.73. The van der Waals surface area contributed by atoms with Gasteiger partial charge in [0.2, 0.25) is 10.0 Å². The highest BCUT2D eigenvalue weighted by Gasteiger charge is 2.27. The van der Waals surface area contributed by atoms with Gasteiger partial charge in [-0.3, -0.25) is 0 Å². The summed E-state index contributed by atoms with van der Waals surface area (Å²) in [7, 11) is -3.40. The molecule has 1 aromatic carbocycles. The molecule has 0 N–H and O–H groups in total. The van der Waals surface area contributed by atoms with Crippen molar-refractivity contribution in [1.82, 2.24) is 4.31 Å². The van der Waals surface area contributed by atoms with E-state index in [0.717, 1.165) is 34.6 Å². The molecule has 1 aliphatic heterocycles. The van der Waals surface area contributed by atoms with Crippen LogP contribution in [0.3, 0.4) is 0 Å². The van der Waals surface area contributed by atoms with Crippen molar-refractivity contribution in [1.29, 1.82) is 0 Å². The number of halogens is 1. The van der Waals surface area contributed by atoms with Crippen LogP contribution in [0.4, 0.5) is 0 Å². The van der Waals surface area contributed by atoms with Gasteiger partial charge in [0.25, 0.3) is 0 Å². The van der Waals surface area contributed by atoms with E-state index in [1.54, 1.807) is 10.4 Å². The van der Waals surface area contributed by atoms with Gasteiger partial charge in [0.15, 0.2) is 0 Å². The molecule has 0 radical (unpaired) electrons. The van der Waals surface area contributed by atoms with Crippen molar-refractivity contribution in [3.63, 3.8) is 0 Å². The Bertz CT molecular complexity index is 579. The molecular formula is C14H20ClNO2S2. The first kappa shape index (κ1) is 16.1. The fourth-order valence-electron chi connectivity index (χ4n) is 2.40. The summed E-state index contributed by atoms with van der Waals surface area (Å²) in [5.74, 6) is 2.24. The van der Waals surface area contributed by atoms with E-state index < -0.39 is 10.0 Å². The van der Waals surface area contributed by atoms with Crippen LogP contribution >= 0.6 is 23.4 Å². The van der Waals surface area contributed by atoms with Crippen LogP contribution in [-0.2, 0) is 15.9 Å². The van der Waals surface area contributed by atoms with Crippen LogP contribution in [0, 0.1) is 13.8 Å². The minimum absolute atomic E-state index is 0.338. The molecule has 0 bridgehead atoms. The second-order valence-corrected chi connectivity index (χ2v) is 8.45. The number of benzene rings is 1. The maximum absolute atomic E-state index is 12.8. The first-order chi connectivity index (χ1) is 9.46. The molecule has 0 aromatic heterocycles. The Kier molecular flexibility index (Phi) is 5.40. The van der Waals surface area contributed by atoms with E-state index in [4.69, 9.17) is 11.6 Å². The average molecular weight is 334 g/mol. The third kappa shape index (κ3) is 3.32. The second kappa shape index (κ2) is 6.69. The number of hydrogen-bond donors (Lipinski definition) is 0. The summed E-state index contributed by atoms with van der Waals surface area (Å²) < 4.78 is 27.2. The van der Waals surface area contributed by atoms with Crippen LogP contribution in [0.15, 0.2) is 17.0 Å². The molecule has 3 nitrogen and oxygen atoms in total. The molecule has 0 atom stereocenters. The van der Waals surface area contributed by atoms with E-state index in [1.807, 2.05) is 31.7 Å². The van der Waals surface area contributed by atoms with Gasteiger partial charge in [-0.15, -0.1) is 11.6 Å². The van der Waals surface area contributed by atoms with E-state index >= 15 is 0 Å². The number of nitrogens with zero attached hydrogens (tertiary/aromatic N) is 1. The second-order valence-electron chi connectivity index (χ2n) is 5.05. The van der Waals surface area contributed by atoms with Gasteiger partial charge in [0.05, 0.1) is 4.90 Å². The Morgan fingerprint density at radius 1 is 1.20 bits per heavy atom. The molecule has 0 amide bonds. The minimum atomic E-state index is -3.40. The van der Waals surface area contributed by atoms with E-state index in [1.165, 1.54) is 0 Å². The summed E-state index contributed by atoms with van der Waals surface area (Å²) in [6, 6.07) is 3.65. The number of thioether (sulfide) groups is 1. The molecule has 1 aliphatic rings. The maximum atomic E-state index is 12.8. The van der Waals surface area contributed by atoms with Crippen LogP contribution in [-0.4, -0.2) is 37.3 Å². The van der Waals surface area contributed by atoms with Gasteiger partial charge in [-0.05, 0) is 48.8 Å². The summed E-state index contributed by atoms with van der Waals surface area (Å²) in [6.45, 7) is 5.02. The van der Waals surface area contributed by atoms with Crippen LogP contribution in [0.2, 0.25) is 0 Å². The Morgan fingerprint density at radius 2 is 1.95 bits per heavy atom. The zero-order valence-electron chi connectivity index (χ0n) is 11.9.